The average Bonchev–Trinajstić information content (AvgIpc) is 2.97. The van der Waals surface area contributed by atoms with E-state index in [-0.39, 0.29) is 0 Å². The second kappa shape index (κ2) is 5.58. The van der Waals surface area contributed by atoms with E-state index in [0.717, 1.165) is 49.2 Å². The molecule has 106 valence electrons. The van der Waals surface area contributed by atoms with E-state index in [0.29, 0.717) is 5.92 Å². The lowest BCUT2D eigenvalue weighted by molar-refractivity contribution is 0.420. The van der Waals surface area contributed by atoms with Crippen LogP contribution < -0.4 is 10.6 Å². The van der Waals surface area contributed by atoms with Gasteiger partial charge in [0.25, 0.3) is 0 Å². The zero-order valence-corrected chi connectivity index (χ0v) is 11.7. The van der Waals surface area contributed by atoms with Crippen molar-refractivity contribution in [1.29, 1.82) is 0 Å². The van der Waals surface area contributed by atoms with Crippen molar-refractivity contribution in [3.8, 4) is 11.5 Å². The largest absolute Gasteiger partial charge is 0.339 e. The van der Waals surface area contributed by atoms with Crippen LogP contribution in [0, 0.1) is 12.8 Å². The maximum Gasteiger partial charge on any atom is 0.245 e. The van der Waals surface area contributed by atoms with Gasteiger partial charge in [0.05, 0.1) is 0 Å². The Morgan fingerprint density at radius 1 is 1.40 bits per heavy atom. The van der Waals surface area contributed by atoms with Crippen LogP contribution in [-0.2, 0) is 0 Å². The fraction of sp³-hybridized carbons (Fsp3) is 0.500. The summed E-state index contributed by atoms with van der Waals surface area (Å²) in [4.78, 5) is 11.2. The molecule has 2 aromatic heterocycles. The van der Waals surface area contributed by atoms with Crippen molar-refractivity contribution in [2.75, 3.05) is 24.5 Å². The summed E-state index contributed by atoms with van der Waals surface area (Å²) in [6, 6.07) is 5.89. The lowest BCUT2D eigenvalue weighted by Gasteiger charge is -2.31. The average molecular weight is 272 g/mol. The number of hydrogen-bond acceptors (Lipinski definition) is 5. The summed E-state index contributed by atoms with van der Waals surface area (Å²) in [7, 11) is 0. The van der Waals surface area contributed by atoms with Crippen LogP contribution in [0.25, 0.3) is 11.5 Å². The molecule has 3 rings (SSSR count). The molecule has 3 heterocycles. The van der Waals surface area contributed by atoms with Gasteiger partial charge in [-0.3, -0.25) is 5.10 Å². The van der Waals surface area contributed by atoms with Gasteiger partial charge >= 0.3 is 0 Å². The Morgan fingerprint density at radius 3 is 3.10 bits per heavy atom. The van der Waals surface area contributed by atoms with Gasteiger partial charge in [0.15, 0.2) is 5.82 Å². The molecule has 1 saturated heterocycles. The summed E-state index contributed by atoms with van der Waals surface area (Å²) >= 11 is 0. The molecule has 1 atom stereocenters. The molecule has 0 spiro atoms. The summed E-state index contributed by atoms with van der Waals surface area (Å²) in [5.41, 5.74) is 7.57. The predicted octanol–water partition coefficient (Wildman–Crippen LogP) is 1.35. The Bertz CT molecular complexity index is 579. The number of anilines is 1. The molecule has 1 unspecified atom stereocenters. The molecular weight excluding hydrogens is 252 g/mol. The van der Waals surface area contributed by atoms with Crippen LogP contribution in [0.5, 0.6) is 0 Å². The molecule has 1 aliphatic rings. The van der Waals surface area contributed by atoms with Crippen molar-refractivity contribution >= 4 is 5.95 Å². The maximum atomic E-state index is 5.77. The zero-order chi connectivity index (χ0) is 13.9. The van der Waals surface area contributed by atoms with Gasteiger partial charge in [-0.15, -0.1) is 5.10 Å². The van der Waals surface area contributed by atoms with Gasteiger partial charge in [0.1, 0.15) is 5.69 Å². The fourth-order valence-electron chi connectivity index (χ4n) is 2.62. The van der Waals surface area contributed by atoms with Gasteiger partial charge in [-0.2, -0.15) is 4.98 Å². The van der Waals surface area contributed by atoms with Crippen molar-refractivity contribution in [1.82, 2.24) is 20.2 Å². The molecule has 0 radical (unpaired) electrons. The number of rotatable bonds is 3. The standard InChI is InChI=1S/C14H20N6/c1-10-4-2-6-12(16-10)13-17-14(19-18-13)20-7-3-5-11(8-15)9-20/h2,4,6,11H,3,5,7-9,15H2,1H3,(H,17,18,19). The predicted molar refractivity (Wildman–Crippen MR) is 78.3 cm³/mol. The van der Waals surface area contributed by atoms with Gasteiger partial charge in [0, 0.05) is 18.8 Å². The Morgan fingerprint density at radius 2 is 2.30 bits per heavy atom. The van der Waals surface area contributed by atoms with E-state index in [1.165, 1.54) is 6.42 Å². The minimum atomic E-state index is 0.544. The van der Waals surface area contributed by atoms with Crippen molar-refractivity contribution in [3.05, 3.63) is 23.9 Å². The van der Waals surface area contributed by atoms with Gasteiger partial charge in [0.2, 0.25) is 5.95 Å². The number of piperidine rings is 1. The first kappa shape index (κ1) is 13.1. The van der Waals surface area contributed by atoms with Crippen molar-refractivity contribution in [3.63, 3.8) is 0 Å². The Balaban J connectivity index is 1.80. The van der Waals surface area contributed by atoms with Gasteiger partial charge in [-0.1, -0.05) is 6.07 Å². The smallest absolute Gasteiger partial charge is 0.245 e. The molecule has 0 amide bonds. The lowest BCUT2D eigenvalue weighted by atomic mass is 9.99. The highest BCUT2D eigenvalue weighted by Crippen LogP contribution is 2.21. The lowest BCUT2D eigenvalue weighted by Crippen LogP contribution is -2.38. The van der Waals surface area contributed by atoms with E-state index >= 15 is 0 Å². The van der Waals surface area contributed by atoms with Crippen molar-refractivity contribution in [2.24, 2.45) is 11.7 Å². The van der Waals surface area contributed by atoms with Crippen LogP contribution in [-0.4, -0.2) is 39.8 Å². The SMILES string of the molecule is Cc1cccc(-c2nc(N3CCCC(CN)C3)n[nH]2)n1. The minimum absolute atomic E-state index is 0.544. The minimum Gasteiger partial charge on any atom is -0.339 e. The van der Waals surface area contributed by atoms with E-state index in [1.807, 2.05) is 25.1 Å². The van der Waals surface area contributed by atoms with Crippen LogP contribution in [0.3, 0.4) is 0 Å². The molecule has 20 heavy (non-hydrogen) atoms. The van der Waals surface area contributed by atoms with Gasteiger partial charge < -0.3 is 10.6 Å². The number of nitrogens with one attached hydrogen (secondary N) is 1. The van der Waals surface area contributed by atoms with E-state index in [4.69, 9.17) is 5.73 Å². The molecule has 0 aliphatic carbocycles. The number of aryl methyl sites for hydroxylation is 1. The molecule has 1 fully saturated rings. The van der Waals surface area contributed by atoms with Crippen molar-refractivity contribution < 1.29 is 0 Å². The third kappa shape index (κ3) is 2.65. The summed E-state index contributed by atoms with van der Waals surface area (Å²) in [5.74, 6) is 2.02. The summed E-state index contributed by atoms with van der Waals surface area (Å²) in [5, 5.41) is 7.31. The molecular formula is C14H20N6. The number of hydrogen-bond donors (Lipinski definition) is 2. The second-order valence-electron chi connectivity index (χ2n) is 5.34. The first-order chi connectivity index (χ1) is 9.76. The van der Waals surface area contributed by atoms with E-state index in [9.17, 15) is 0 Å². The maximum absolute atomic E-state index is 5.77. The van der Waals surface area contributed by atoms with Crippen LogP contribution in [0.15, 0.2) is 18.2 Å². The normalized spacial score (nSPS) is 19.3. The van der Waals surface area contributed by atoms with Crippen LogP contribution in [0.2, 0.25) is 0 Å². The van der Waals surface area contributed by atoms with E-state index in [2.05, 4.69) is 25.1 Å². The Labute approximate surface area is 118 Å². The summed E-state index contributed by atoms with van der Waals surface area (Å²) < 4.78 is 0. The number of nitrogens with zero attached hydrogens (tertiary/aromatic N) is 4. The molecule has 3 N–H and O–H groups in total. The molecule has 1 aliphatic heterocycles. The summed E-state index contributed by atoms with van der Waals surface area (Å²) in [6.45, 7) is 4.63. The fourth-order valence-corrected chi connectivity index (χ4v) is 2.62. The highest BCUT2D eigenvalue weighted by molar-refractivity contribution is 5.51. The van der Waals surface area contributed by atoms with E-state index in [1.54, 1.807) is 0 Å². The Hall–Kier alpha value is -1.95. The number of aromatic nitrogens is 4. The van der Waals surface area contributed by atoms with Crippen molar-refractivity contribution in [2.45, 2.75) is 19.8 Å². The number of nitrogens with two attached hydrogens (primary N) is 1. The highest BCUT2D eigenvalue weighted by atomic mass is 15.4. The first-order valence-electron chi connectivity index (χ1n) is 7.07. The number of aromatic amines is 1. The third-order valence-electron chi connectivity index (χ3n) is 3.74. The highest BCUT2D eigenvalue weighted by Gasteiger charge is 2.22. The summed E-state index contributed by atoms with van der Waals surface area (Å²) in [6.07, 6.45) is 2.35. The molecule has 0 bridgehead atoms. The molecule has 6 heteroatoms. The van der Waals surface area contributed by atoms with Crippen LogP contribution in [0.1, 0.15) is 18.5 Å². The molecule has 6 nitrogen and oxygen atoms in total. The molecule has 2 aromatic rings. The van der Waals surface area contributed by atoms with Gasteiger partial charge in [-0.25, -0.2) is 4.98 Å². The van der Waals surface area contributed by atoms with Crippen LogP contribution in [0.4, 0.5) is 5.95 Å². The Kier molecular flexibility index (Phi) is 3.64. The molecule has 0 saturated carbocycles. The first-order valence-corrected chi connectivity index (χ1v) is 7.07. The van der Waals surface area contributed by atoms with Crippen LogP contribution >= 0.6 is 0 Å². The number of H-pyrrole nitrogens is 1. The van der Waals surface area contributed by atoms with Gasteiger partial charge in [-0.05, 0) is 44.4 Å². The molecule has 0 aromatic carbocycles. The monoisotopic (exact) mass is 272 g/mol. The quantitative estimate of drug-likeness (QED) is 0.881. The van der Waals surface area contributed by atoms with E-state index < -0.39 is 0 Å². The second-order valence-corrected chi connectivity index (χ2v) is 5.34. The topological polar surface area (TPSA) is 83.7 Å². The third-order valence-corrected chi connectivity index (χ3v) is 3.74. The number of pyridine rings is 1. The zero-order valence-electron chi connectivity index (χ0n) is 11.7.